The fourth-order valence-corrected chi connectivity index (χ4v) is 2.03. The second kappa shape index (κ2) is 5.57. The number of rotatable bonds is 4. The van der Waals surface area contributed by atoms with E-state index in [4.69, 9.17) is 4.84 Å². The summed E-state index contributed by atoms with van der Waals surface area (Å²) in [6.07, 6.45) is 1.76. The lowest BCUT2D eigenvalue weighted by Gasteiger charge is -2.04. The first-order valence-corrected chi connectivity index (χ1v) is 6.46. The summed E-state index contributed by atoms with van der Waals surface area (Å²) in [5, 5.41) is 4.14. The molecule has 0 N–H and O–H groups in total. The van der Waals surface area contributed by atoms with Crippen LogP contribution in [-0.2, 0) is 11.6 Å². The molecule has 4 nitrogen and oxygen atoms in total. The van der Waals surface area contributed by atoms with Crippen LogP contribution >= 0.6 is 0 Å². The average molecular weight is 265 g/mol. The number of hydrogen-bond acceptors (Lipinski definition) is 3. The molecule has 0 bridgehead atoms. The Morgan fingerprint density at radius 2 is 1.85 bits per heavy atom. The lowest BCUT2D eigenvalue weighted by atomic mass is 10.1. The maximum Gasteiger partial charge on any atom is 0.194 e. The van der Waals surface area contributed by atoms with Gasteiger partial charge in [0, 0.05) is 0 Å². The smallest absolute Gasteiger partial charge is 0.194 e. The van der Waals surface area contributed by atoms with Crippen molar-refractivity contribution in [1.29, 1.82) is 0 Å². The molecule has 1 heterocycles. The minimum Gasteiger partial charge on any atom is -0.373 e. The fourth-order valence-electron chi connectivity index (χ4n) is 2.03. The normalized spacial score (nSPS) is 11.8. The van der Waals surface area contributed by atoms with Gasteiger partial charge in [-0.25, -0.2) is 4.98 Å². The summed E-state index contributed by atoms with van der Waals surface area (Å²) in [6.45, 7) is 2.28. The molecule has 0 saturated carbocycles. The Hall–Kier alpha value is -2.62. The highest BCUT2D eigenvalue weighted by molar-refractivity contribution is 5.98. The number of benzene rings is 2. The summed E-state index contributed by atoms with van der Waals surface area (Å²) < 4.78 is 1.93. The van der Waals surface area contributed by atoms with E-state index in [1.807, 2.05) is 66.1 Å². The molecule has 0 unspecified atom stereocenters. The minimum atomic E-state index is 0.352. The van der Waals surface area contributed by atoms with Gasteiger partial charge in [0.2, 0.25) is 0 Å². The predicted molar refractivity (Wildman–Crippen MR) is 79.5 cm³/mol. The fraction of sp³-hybridized carbons (Fsp3) is 0.125. The van der Waals surface area contributed by atoms with Gasteiger partial charge in [-0.05, 0) is 24.6 Å². The molecule has 0 fully saturated rings. The molecule has 1 aromatic heterocycles. The molecule has 2 aromatic carbocycles. The molecule has 3 rings (SSSR count). The van der Waals surface area contributed by atoms with E-state index in [1.165, 1.54) is 0 Å². The summed E-state index contributed by atoms with van der Waals surface area (Å²) in [7, 11) is 0. The molecule has 20 heavy (non-hydrogen) atoms. The number of hydrogen-bond donors (Lipinski definition) is 0. The van der Waals surface area contributed by atoms with Crippen molar-refractivity contribution in [1.82, 2.24) is 9.55 Å². The van der Waals surface area contributed by atoms with Crippen molar-refractivity contribution >= 4 is 16.7 Å². The van der Waals surface area contributed by atoms with Crippen LogP contribution in [0.15, 0.2) is 66.1 Å². The highest BCUT2D eigenvalue weighted by Gasteiger charge is 2.01. The van der Waals surface area contributed by atoms with Crippen molar-refractivity contribution < 1.29 is 4.84 Å². The Kier molecular flexibility index (Phi) is 3.46. The van der Waals surface area contributed by atoms with Gasteiger partial charge in [-0.2, -0.15) is 0 Å². The van der Waals surface area contributed by atoms with Crippen LogP contribution in [0.2, 0.25) is 0 Å². The van der Waals surface area contributed by atoms with Crippen LogP contribution in [0, 0.1) is 0 Å². The number of nitrogens with zero attached hydrogens (tertiary/aromatic N) is 3. The van der Waals surface area contributed by atoms with Crippen molar-refractivity contribution in [3.05, 3.63) is 66.5 Å². The van der Waals surface area contributed by atoms with Crippen molar-refractivity contribution in [2.45, 2.75) is 13.7 Å². The van der Waals surface area contributed by atoms with E-state index in [0.29, 0.717) is 6.73 Å². The molecule has 3 aromatic rings. The third-order valence-corrected chi connectivity index (χ3v) is 3.12. The number of oxime groups is 1. The van der Waals surface area contributed by atoms with E-state index in [9.17, 15) is 0 Å². The largest absolute Gasteiger partial charge is 0.373 e. The lowest BCUT2D eigenvalue weighted by molar-refractivity contribution is 0.0866. The first-order valence-electron chi connectivity index (χ1n) is 6.46. The maximum atomic E-state index is 5.41. The topological polar surface area (TPSA) is 39.4 Å². The van der Waals surface area contributed by atoms with Crippen LogP contribution in [0.5, 0.6) is 0 Å². The Morgan fingerprint density at radius 3 is 2.70 bits per heavy atom. The van der Waals surface area contributed by atoms with Crippen LogP contribution in [0.1, 0.15) is 12.5 Å². The van der Waals surface area contributed by atoms with E-state index in [2.05, 4.69) is 10.1 Å². The second-order valence-corrected chi connectivity index (χ2v) is 4.50. The maximum absolute atomic E-state index is 5.41. The van der Waals surface area contributed by atoms with Gasteiger partial charge in [-0.15, -0.1) is 0 Å². The highest BCUT2D eigenvalue weighted by Crippen LogP contribution is 2.11. The number of aromatic nitrogens is 2. The lowest BCUT2D eigenvalue weighted by Crippen LogP contribution is -2.00. The predicted octanol–water partition coefficient (Wildman–Crippen LogP) is 3.43. The van der Waals surface area contributed by atoms with Crippen LogP contribution in [-0.4, -0.2) is 15.3 Å². The molecule has 100 valence electrons. The van der Waals surface area contributed by atoms with E-state index in [0.717, 1.165) is 22.3 Å². The van der Waals surface area contributed by atoms with Gasteiger partial charge in [0.15, 0.2) is 6.73 Å². The molecule has 0 amide bonds. The Labute approximate surface area is 117 Å². The van der Waals surface area contributed by atoms with Gasteiger partial charge in [0.05, 0.1) is 23.1 Å². The molecule has 0 spiro atoms. The van der Waals surface area contributed by atoms with Gasteiger partial charge < -0.3 is 4.84 Å². The zero-order valence-corrected chi connectivity index (χ0v) is 11.2. The van der Waals surface area contributed by atoms with Crippen LogP contribution in [0.3, 0.4) is 0 Å². The van der Waals surface area contributed by atoms with E-state index < -0.39 is 0 Å². The average Bonchev–Trinajstić information content (AvgIpc) is 2.92. The highest BCUT2D eigenvalue weighted by atomic mass is 16.6. The number of para-hydroxylation sites is 2. The summed E-state index contributed by atoms with van der Waals surface area (Å²) in [6, 6.07) is 17.9. The zero-order valence-electron chi connectivity index (χ0n) is 11.2. The van der Waals surface area contributed by atoms with Gasteiger partial charge in [-0.1, -0.05) is 47.6 Å². The minimum absolute atomic E-state index is 0.352. The summed E-state index contributed by atoms with van der Waals surface area (Å²) in [5.41, 5.74) is 3.91. The number of imidazole rings is 1. The molecular weight excluding hydrogens is 250 g/mol. The van der Waals surface area contributed by atoms with Crippen molar-refractivity contribution in [3.63, 3.8) is 0 Å². The third-order valence-electron chi connectivity index (χ3n) is 3.12. The van der Waals surface area contributed by atoms with E-state index >= 15 is 0 Å². The third kappa shape index (κ3) is 2.54. The van der Waals surface area contributed by atoms with E-state index in [1.54, 1.807) is 6.33 Å². The molecular formula is C16H15N3O. The molecule has 0 aliphatic heterocycles. The Balaban J connectivity index is 1.71. The molecule has 0 aliphatic rings. The zero-order chi connectivity index (χ0) is 13.8. The monoisotopic (exact) mass is 265 g/mol. The van der Waals surface area contributed by atoms with Gasteiger partial charge in [0.1, 0.15) is 0 Å². The van der Waals surface area contributed by atoms with Crippen LogP contribution in [0.4, 0.5) is 0 Å². The van der Waals surface area contributed by atoms with Crippen LogP contribution < -0.4 is 0 Å². The standard InChI is InChI=1S/C16H15N3O/c1-13(14-7-3-2-4-8-14)18-20-12-19-11-17-15-9-5-6-10-16(15)19/h2-11H,12H2,1H3/b18-13+. The SMILES string of the molecule is C/C(=N\OCn1cnc2ccccc21)c1ccccc1. The second-order valence-electron chi connectivity index (χ2n) is 4.50. The molecule has 0 radical (unpaired) electrons. The molecule has 0 saturated heterocycles. The van der Waals surface area contributed by atoms with Gasteiger partial charge in [-0.3, -0.25) is 4.57 Å². The molecule has 4 heteroatoms. The first-order chi connectivity index (χ1) is 9.84. The first kappa shape index (κ1) is 12.4. The summed E-state index contributed by atoms with van der Waals surface area (Å²) in [4.78, 5) is 9.72. The van der Waals surface area contributed by atoms with Crippen molar-refractivity contribution in [3.8, 4) is 0 Å². The summed E-state index contributed by atoms with van der Waals surface area (Å²) >= 11 is 0. The molecule has 0 atom stereocenters. The number of fused-ring (bicyclic) bond motifs is 1. The van der Waals surface area contributed by atoms with Crippen LogP contribution in [0.25, 0.3) is 11.0 Å². The summed E-state index contributed by atoms with van der Waals surface area (Å²) in [5.74, 6) is 0. The van der Waals surface area contributed by atoms with E-state index in [-0.39, 0.29) is 0 Å². The van der Waals surface area contributed by atoms with Gasteiger partial charge >= 0.3 is 0 Å². The van der Waals surface area contributed by atoms with Gasteiger partial charge in [0.25, 0.3) is 0 Å². The van der Waals surface area contributed by atoms with Crippen molar-refractivity contribution in [2.75, 3.05) is 0 Å². The molecule has 0 aliphatic carbocycles. The quantitative estimate of drug-likeness (QED) is 0.535. The Morgan fingerprint density at radius 1 is 1.10 bits per heavy atom. The van der Waals surface area contributed by atoms with Crippen molar-refractivity contribution in [2.24, 2.45) is 5.16 Å². The Bertz CT molecular complexity index is 732.